The van der Waals surface area contributed by atoms with E-state index in [1.165, 1.54) is 6.92 Å². The van der Waals surface area contributed by atoms with E-state index in [9.17, 15) is 0 Å². The lowest BCUT2D eigenvalue weighted by Gasteiger charge is -2.32. The average molecular weight is 263 g/mol. The van der Waals surface area contributed by atoms with Gasteiger partial charge in [-0.1, -0.05) is 12.1 Å². The molecule has 1 aromatic carbocycles. The highest BCUT2D eigenvalue weighted by Gasteiger charge is 2.51. The molecule has 5 heteroatoms. The number of hydrogen-bond donors (Lipinski definition) is 1. The molecule has 0 aromatic heterocycles. The number of carbonyl (C=O) groups is 1. The van der Waals surface area contributed by atoms with Crippen LogP contribution >= 0.6 is 0 Å². The van der Waals surface area contributed by atoms with Crippen molar-refractivity contribution in [2.45, 2.75) is 45.8 Å². The predicted octanol–water partition coefficient (Wildman–Crippen LogP) is 1.77. The Morgan fingerprint density at radius 2 is 1.42 bits per heavy atom. The molecule has 0 spiro atoms. The average Bonchev–Trinajstić information content (AvgIpc) is 2.50. The van der Waals surface area contributed by atoms with Crippen molar-refractivity contribution < 1.29 is 14.1 Å². The van der Waals surface area contributed by atoms with Crippen LogP contribution in [0.1, 0.15) is 34.6 Å². The first-order valence-electron chi connectivity index (χ1n) is 6.34. The third kappa shape index (κ3) is 3.58. The van der Waals surface area contributed by atoms with Crippen LogP contribution in [0.4, 0.5) is 5.69 Å². The summed E-state index contributed by atoms with van der Waals surface area (Å²) in [7, 11) is -0.300. The summed E-state index contributed by atoms with van der Waals surface area (Å²) in [5.74, 6) is 0. The van der Waals surface area contributed by atoms with Gasteiger partial charge in [0.15, 0.2) is 0 Å². The van der Waals surface area contributed by atoms with Crippen LogP contribution in [0.5, 0.6) is 0 Å². The molecule has 0 unspecified atom stereocenters. The Morgan fingerprint density at radius 3 is 1.79 bits per heavy atom. The van der Waals surface area contributed by atoms with Crippen LogP contribution in [0.15, 0.2) is 24.3 Å². The van der Waals surface area contributed by atoms with E-state index < -0.39 is 0 Å². The zero-order valence-electron chi connectivity index (χ0n) is 12.3. The quantitative estimate of drug-likeness (QED) is 0.476. The molecule has 1 aromatic rings. The normalized spacial score (nSPS) is 19.5. The second kappa shape index (κ2) is 5.76. The molecule has 1 aliphatic heterocycles. The van der Waals surface area contributed by atoms with Crippen molar-refractivity contribution in [3.8, 4) is 0 Å². The van der Waals surface area contributed by atoms with Crippen molar-refractivity contribution in [3.63, 3.8) is 0 Å². The minimum Gasteiger partial charge on any atom is -0.399 e. The molecule has 0 radical (unpaired) electrons. The van der Waals surface area contributed by atoms with Crippen LogP contribution in [-0.2, 0) is 14.1 Å². The second-order valence-corrected chi connectivity index (χ2v) is 5.49. The summed E-state index contributed by atoms with van der Waals surface area (Å²) in [5, 5.41) is 0. The Kier molecular flexibility index (Phi) is 4.77. The lowest BCUT2D eigenvalue weighted by molar-refractivity contribution is -0.106. The van der Waals surface area contributed by atoms with Gasteiger partial charge in [0.05, 0.1) is 11.2 Å². The Hall–Kier alpha value is -1.33. The Labute approximate surface area is 115 Å². The Bertz CT molecular complexity index is 413. The number of rotatable bonds is 1. The molecule has 0 bridgehead atoms. The van der Waals surface area contributed by atoms with Gasteiger partial charge >= 0.3 is 7.12 Å². The number of nitrogen functional groups attached to an aromatic ring is 1. The molecule has 1 heterocycles. The van der Waals surface area contributed by atoms with Crippen LogP contribution in [-0.4, -0.2) is 24.6 Å². The molecule has 104 valence electrons. The first-order valence-corrected chi connectivity index (χ1v) is 6.34. The van der Waals surface area contributed by atoms with Crippen LogP contribution in [0.2, 0.25) is 0 Å². The van der Waals surface area contributed by atoms with E-state index in [1.807, 2.05) is 52.0 Å². The van der Waals surface area contributed by atoms with Gasteiger partial charge in [-0.3, -0.25) is 0 Å². The van der Waals surface area contributed by atoms with Gasteiger partial charge in [-0.2, -0.15) is 0 Å². The highest BCUT2D eigenvalue weighted by molar-refractivity contribution is 6.62. The van der Waals surface area contributed by atoms with E-state index in [0.717, 1.165) is 17.4 Å². The number of aldehydes is 1. The van der Waals surface area contributed by atoms with Crippen LogP contribution in [0, 0.1) is 0 Å². The Morgan fingerprint density at radius 1 is 1.05 bits per heavy atom. The summed E-state index contributed by atoms with van der Waals surface area (Å²) >= 11 is 0. The van der Waals surface area contributed by atoms with Crippen molar-refractivity contribution in [2.24, 2.45) is 0 Å². The molecular formula is C14H22BNO3. The standard InChI is InChI=1S/C12H18BNO2.C2H4O/c1-11(2)12(3,4)16-13(15-11)9-5-7-10(14)8-6-9;1-2-3/h5-8H,14H2,1-4H3;2H,1H3. The Balaban J connectivity index is 0.000000550. The minimum absolute atomic E-state index is 0.293. The molecule has 2 rings (SSSR count). The van der Waals surface area contributed by atoms with E-state index in [1.54, 1.807) is 0 Å². The molecule has 2 N–H and O–H groups in total. The van der Waals surface area contributed by atoms with Crippen LogP contribution < -0.4 is 11.2 Å². The smallest absolute Gasteiger partial charge is 0.399 e. The first-order chi connectivity index (χ1) is 8.73. The molecule has 0 saturated carbocycles. The van der Waals surface area contributed by atoms with E-state index in [0.29, 0.717) is 0 Å². The van der Waals surface area contributed by atoms with Gasteiger partial charge in [-0.25, -0.2) is 0 Å². The van der Waals surface area contributed by atoms with Gasteiger partial charge in [0, 0.05) is 5.69 Å². The molecule has 4 nitrogen and oxygen atoms in total. The highest BCUT2D eigenvalue weighted by Crippen LogP contribution is 2.36. The monoisotopic (exact) mass is 263 g/mol. The molecule has 0 atom stereocenters. The van der Waals surface area contributed by atoms with Gasteiger partial charge in [-0.05, 0) is 52.2 Å². The largest absolute Gasteiger partial charge is 0.494 e. The maximum Gasteiger partial charge on any atom is 0.494 e. The van der Waals surface area contributed by atoms with Crippen LogP contribution in [0.3, 0.4) is 0 Å². The lowest BCUT2D eigenvalue weighted by Crippen LogP contribution is -2.41. The summed E-state index contributed by atoms with van der Waals surface area (Å²) in [5.41, 5.74) is 6.82. The molecule has 1 saturated heterocycles. The molecule has 1 aliphatic rings. The predicted molar refractivity (Wildman–Crippen MR) is 78.3 cm³/mol. The van der Waals surface area contributed by atoms with Crippen molar-refractivity contribution in [2.75, 3.05) is 5.73 Å². The third-order valence-corrected chi connectivity index (χ3v) is 3.46. The maximum atomic E-state index is 8.81. The molecular weight excluding hydrogens is 241 g/mol. The maximum absolute atomic E-state index is 8.81. The van der Waals surface area contributed by atoms with Gasteiger partial charge < -0.3 is 19.8 Å². The van der Waals surface area contributed by atoms with E-state index in [2.05, 4.69) is 0 Å². The lowest BCUT2D eigenvalue weighted by atomic mass is 9.79. The zero-order valence-corrected chi connectivity index (χ0v) is 12.3. The van der Waals surface area contributed by atoms with Crippen molar-refractivity contribution in [3.05, 3.63) is 24.3 Å². The van der Waals surface area contributed by atoms with Crippen molar-refractivity contribution in [1.82, 2.24) is 0 Å². The van der Waals surface area contributed by atoms with Crippen LogP contribution in [0.25, 0.3) is 0 Å². The topological polar surface area (TPSA) is 61.6 Å². The first kappa shape index (κ1) is 15.7. The van der Waals surface area contributed by atoms with Crippen molar-refractivity contribution in [1.29, 1.82) is 0 Å². The SMILES string of the molecule is CC1(C)OB(c2ccc(N)cc2)OC1(C)C.CC=O. The number of nitrogens with two attached hydrogens (primary N) is 1. The fourth-order valence-electron chi connectivity index (χ4n) is 1.63. The summed E-state index contributed by atoms with van der Waals surface area (Å²) in [4.78, 5) is 8.81. The van der Waals surface area contributed by atoms with Gasteiger partial charge in [0.2, 0.25) is 0 Å². The van der Waals surface area contributed by atoms with E-state index in [-0.39, 0.29) is 18.3 Å². The summed E-state index contributed by atoms with van der Waals surface area (Å²) < 4.78 is 11.9. The fraction of sp³-hybridized carbons (Fsp3) is 0.500. The van der Waals surface area contributed by atoms with Gasteiger partial charge in [-0.15, -0.1) is 0 Å². The highest BCUT2D eigenvalue weighted by atomic mass is 16.7. The summed E-state index contributed by atoms with van der Waals surface area (Å²) in [6.45, 7) is 9.63. The molecule has 1 fully saturated rings. The molecule has 0 aliphatic carbocycles. The number of carbonyl (C=O) groups excluding carboxylic acids is 1. The summed E-state index contributed by atoms with van der Waals surface area (Å²) in [6.07, 6.45) is 0.750. The number of anilines is 1. The van der Waals surface area contributed by atoms with Gasteiger partial charge in [0.25, 0.3) is 0 Å². The van der Waals surface area contributed by atoms with Crippen molar-refractivity contribution >= 4 is 24.6 Å². The van der Waals surface area contributed by atoms with E-state index >= 15 is 0 Å². The third-order valence-electron chi connectivity index (χ3n) is 3.46. The van der Waals surface area contributed by atoms with E-state index in [4.69, 9.17) is 19.8 Å². The van der Waals surface area contributed by atoms with Gasteiger partial charge in [0.1, 0.15) is 6.29 Å². The fourth-order valence-corrected chi connectivity index (χ4v) is 1.63. The zero-order chi connectivity index (χ0) is 14.7. The molecule has 19 heavy (non-hydrogen) atoms. The number of hydrogen-bond acceptors (Lipinski definition) is 4. The number of benzene rings is 1. The second-order valence-electron chi connectivity index (χ2n) is 5.49. The minimum atomic E-state index is -0.300. The summed E-state index contributed by atoms with van der Waals surface area (Å²) in [6, 6.07) is 7.61. The molecule has 0 amide bonds.